The van der Waals surface area contributed by atoms with Gasteiger partial charge in [0.25, 0.3) is 0 Å². The number of amides is 1. The van der Waals surface area contributed by atoms with E-state index in [1.54, 1.807) is 0 Å². The lowest BCUT2D eigenvalue weighted by molar-refractivity contribution is -0.143. The lowest BCUT2D eigenvalue weighted by atomic mass is 10.1. The third-order valence-corrected chi connectivity index (χ3v) is 4.85. The maximum absolute atomic E-state index is 13.7. The van der Waals surface area contributed by atoms with Crippen LogP contribution in [0.3, 0.4) is 0 Å². The van der Waals surface area contributed by atoms with E-state index in [0.29, 0.717) is 20.7 Å². The molecule has 7 nitrogen and oxygen atoms in total. The largest absolute Gasteiger partial charge is 0.437 e. The molecule has 11 heteroatoms. The summed E-state index contributed by atoms with van der Waals surface area (Å²) in [5.74, 6) is -0.702. The number of halogens is 4. The number of nitrogens with zero attached hydrogens (tertiary/aromatic N) is 3. The average molecular weight is 450 g/mol. The van der Waals surface area contributed by atoms with Gasteiger partial charge in [-0.25, -0.2) is 14.5 Å². The van der Waals surface area contributed by atoms with E-state index in [1.165, 1.54) is 24.3 Å². The Bertz CT molecular complexity index is 1240. The van der Waals surface area contributed by atoms with Gasteiger partial charge in [-0.2, -0.15) is 18.3 Å². The number of aryl methyl sites for hydroxylation is 2. The number of aromatic amines is 1. The van der Waals surface area contributed by atoms with Crippen molar-refractivity contribution in [2.45, 2.75) is 20.0 Å². The molecule has 31 heavy (non-hydrogen) atoms. The minimum absolute atomic E-state index is 0.0450. The molecule has 4 rings (SSSR count). The van der Waals surface area contributed by atoms with Crippen LogP contribution in [0.15, 0.2) is 42.6 Å². The van der Waals surface area contributed by atoms with Gasteiger partial charge in [0.05, 0.1) is 22.9 Å². The van der Waals surface area contributed by atoms with Crippen molar-refractivity contribution in [1.29, 1.82) is 0 Å². The van der Waals surface area contributed by atoms with Crippen LogP contribution in [0.1, 0.15) is 16.8 Å². The molecule has 0 spiro atoms. The first kappa shape index (κ1) is 20.7. The highest BCUT2D eigenvalue weighted by Crippen LogP contribution is 2.38. The number of nitrogens with one attached hydrogen (secondary N) is 2. The summed E-state index contributed by atoms with van der Waals surface area (Å²) in [5.41, 5.74) is 2.18. The molecule has 0 unspecified atom stereocenters. The van der Waals surface area contributed by atoms with Crippen LogP contribution in [0.4, 0.5) is 23.9 Å². The smallest absolute Gasteiger partial charge is 0.406 e. The van der Waals surface area contributed by atoms with Gasteiger partial charge < -0.3 is 9.72 Å². The highest BCUT2D eigenvalue weighted by atomic mass is 35.5. The molecule has 2 N–H and O–H groups in total. The number of imidazole rings is 1. The third kappa shape index (κ3) is 4.19. The number of carbonyl (C=O) groups is 1. The Morgan fingerprint density at radius 3 is 2.52 bits per heavy atom. The number of H-pyrrole nitrogens is 1. The minimum atomic E-state index is -4.83. The van der Waals surface area contributed by atoms with Gasteiger partial charge >= 0.3 is 12.3 Å². The molecule has 0 bridgehead atoms. The monoisotopic (exact) mass is 449 g/mol. The first-order valence-corrected chi connectivity index (χ1v) is 9.36. The Hall–Kier alpha value is -3.53. The molecule has 0 fully saturated rings. The molecule has 1 amide bonds. The molecule has 0 aliphatic rings. The zero-order valence-corrected chi connectivity index (χ0v) is 17.0. The highest BCUT2D eigenvalue weighted by molar-refractivity contribution is 6.30. The summed E-state index contributed by atoms with van der Waals surface area (Å²) in [4.78, 5) is 19.3. The molecule has 2 aromatic heterocycles. The Morgan fingerprint density at radius 1 is 1.16 bits per heavy atom. The van der Waals surface area contributed by atoms with Crippen LogP contribution in [-0.4, -0.2) is 25.8 Å². The number of aromatic nitrogens is 4. The van der Waals surface area contributed by atoms with Gasteiger partial charge in [0.2, 0.25) is 5.95 Å². The molecule has 0 aliphatic heterocycles. The summed E-state index contributed by atoms with van der Waals surface area (Å²) >= 11 is 5.79. The van der Waals surface area contributed by atoms with E-state index in [0.717, 1.165) is 17.3 Å². The molecule has 2 aromatic carbocycles. The number of alkyl halides is 3. The fourth-order valence-electron chi connectivity index (χ4n) is 3.00. The number of carbonyl (C=O) groups excluding carboxylic acids is 1. The van der Waals surface area contributed by atoms with Crippen molar-refractivity contribution in [3.63, 3.8) is 0 Å². The Labute approximate surface area is 178 Å². The molecular formula is C20H15ClF3N5O2. The zero-order valence-electron chi connectivity index (χ0n) is 16.2. The molecule has 2 heterocycles. The fraction of sp³-hybridized carbons (Fsp3) is 0.150. The second-order valence-corrected chi connectivity index (χ2v) is 7.23. The van der Waals surface area contributed by atoms with Crippen molar-refractivity contribution in [3.05, 3.63) is 64.4 Å². The molecule has 160 valence electrons. The SMILES string of the molecule is Cc1cc2nc(NC(=O)Oc3cnn(-c4ccc(Cl)cc4)c3C(F)(F)F)[nH]c2cc1C. The van der Waals surface area contributed by atoms with Crippen molar-refractivity contribution in [2.24, 2.45) is 0 Å². The van der Waals surface area contributed by atoms with E-state index in [2.05, 4.69) is 20.4 Å². The molecule has 0 radical (unpaired) electrons. The van der Waals surface area contributed by atoms with E-state index in [4.69, 9.17) is 16.3 Å². The lowest BCUT2D eigenvalue weighted by Gasteiger charge is -2.12. The summed E-state index contributed by atoms with van der Waals surface area (Å²) in [5, 5.41) is 6.38. The van der Waals surface area contributed by atoms with E-state index < -0.39 is 23.7 Å². The maximum Gasteiger partial charge on any atom is 0.437 e. The van der Waals surface area contributed by atoms with Crippen molar-refractivity contribution in [1.82, 2.24) is 19.7 Å². The number of rotatable bonds is 3. The van der Waals surface area contributed by atoms with Gasteiger partial charge in [-0.05, 0) is 61.4 Å². The van der Waals surface area contributed by atoms with Gasteiger partial charge in [0.1, 0.15) is 0 Å². The second-order valence-electron chi connectivity index (χ2n) is 6.80. The van der Waals surface area contributed by atoms with Crippen LogP contribution in [0.2, 0.25) is 5.02 Å². The molecule has 0 saturated carbocycles. The number of anilines is 1. The van der Waals surface area contributed by atoms with Crippen molar-refractivity contribution in [2.75, 3.05) is 5.32 Å². The Kier molecular flexibility index (Phi) is 5.10. The lowest BCUT2D eigenvalue weighted by Crippen LogP contribution is -2.20. The van der Waals surface area contributed by atoms with E-state index in [9.17, 15) is 18.0 Å². The topological polar surface area (TPSA) is 84.8 Å². The molecule has 0 aliphatic carbocycles. The van der Waals surface area contributed by atoms with Crippen LogP contribution in [0.25, 0.3) is 16.7 Å². The van der Waals surface area contributed by atoms with E-state index in [-0.39, 0.29) is 11.6 Å². The van der Waals surface area contributed by atoms with Gasteiger partial charge in [0, 0.05) is 5.02 Å². The number of fused-ring (bicyclic) bond motifs is 1. The number of hydrogen-bond donors (Lipinski definition) is 2. The van der Waals surface area contributed by atoms with Crippen molar-refractivity contribution >= 4 is 34.7 Å². The Balaban J connectivity index is 1.60. The van der Waals surface area contributed by atoms with Crippen molar-refractivity contribution in [3.8, 4) is 11.4 Å². The number of ether oxygens (including phenoxy) is 1. The molecule has 4 aromatic rings. The predicted octanol–water partition coefficient (Wildman–Crippen LogP) is 5.65. The Morgan fingerprint density at radius 2 is 1.84 bits per heavy atom. The van der Waals surface area contributed by atoms with Crippen LogP contribution >= 0.6 is 11.6 Å². The maximum atomic E-state index is 13.7. The molecule has 0 saturated heterocycles. The standard InChI is InChI=1S/C20H15ClF3N5O2/c1-10-7-14-15(8-11(10)2)27-18(26-14)28-19(30)31-16-9-25-29(17(16)20(22,23)24)13-5-3-12(21)4-6-13/h3-9H,1-2H3,(H2,26,27,28,30). The average Bonchev–Trinajstić information content (AvgIpc) is 3.26. The molecular weight excluding hydrogens is 435 g/mol. The summed E-state index contributed by atoms with van der Waals surface area (Å²) in [7, 11) is 0. The quantitative estimate of drug-likeness (QED) is 0.423. The third-order valence-electron chi connectivity index (χ3n) is 4.60. The number of benzene rings is 2. The normalized spacial score (nSPS) is 11.7. The van der Waals surface area contributed by atoms with Gasteiger partial charge in [-0.3, -0.25) is 5.32 Å². The second kappa shape index (κ2) is 7.62. The van der Waals surface area contributed by atoms with Crippen LogP contribution in [0, 0.1) is 13.8 Å². The van der Waals surface area contributed by atoms with Crippen molar-refractivity contribution < 1.29 is 22.7 Å². The first-order chi connectivity index (χ1) is 14.6. The predicted molar refractivity (Wildman–Crippen MR) is 109 cm³/mol. The van der Waals surface area contributed by atoms with Crippen LogP contribution in [-0.2, 0) is 6.18 Å². The van der Waals surface area contributed by atoms with E-state index in [1.807, 2.05) is 26.0 Å². The summed E-state index contributed by atoms with van der Waals surface area (Å²) < 4.78 is 46.6. The van der Waals surface area contributed by atoms with Gasteiger partial charge in [0.15, 0.2) is 11.4 Å². The number of hydrogen-bond acceptors (Lipinski definition) is 4. The van der Waals surface area contributed by atoms with E-state index >= 15 is 0 Å². The van der Waals surface area contributed by atoms with Crippen LogP contribution in [0.5, 0.6) is 5.75 Å². The zero-order chi connectivity index (χ0) is 22.3. The minimum Gasteiger partial charge on any atom is -0.406 e. The summed E-state index contributed by atoms with van der Waals surface area (Å²) in [6, 6.07) is 9.27. The fourth-order valence-corrected chi connectivity index (χ4v) is 3.12. The first-order valence-electron chi connectivity index (χ1n) is 8.99. The highest BCUT2D eigenvalue weighted by Gasteiger charge is 2.40. The molecule has 0 atom stereocenters. The van der Waals surface area contributed by atoms with Gasteiger partial charge in [-0.15, -0.1) is 0 Å². The van der Waals surface area contributed by atoms with Gasteiger partial charge in [-0.1, -0.05) is 11.6 Å². The summed E-state index contributed by atoms with van der Waals surface area (Å²) in [6.07, 6.45) is -5.16. The van der Waals surface area contributed by atoms with Crippen LogP contribution < -0.4 is 10.1 Å². The summed E-state index contributed by atoms with van der Waals surface area (Å²) in [6.45, 7) is 3.84.